The van der Waals surface area contributed by atoms with Gasteiger partial charge in [-0.3, -0.25) is 4.98 Å². The molecule has 3 heterocycles. The number of pyridine rings is 1. The fourth-order valence-electron chi connectivity index (χ4n) is 2.43. The van der Waals surface area contributed by atoms with E-state index in [1.54, 1.807) is 29.2 Å². The predicted molar refractivity (Wildman–Crippen MR) is 88.2 cm³/mol. The monoisotopic (exact) mass is 320 g/mol. The van der Waals surface area contributed by atoms with E-state index < -0.39 is 0 Å². The van der Waals surface area contributed by atoms with Gasteiger partial charge in [-0.05, 0) is 36.4 Å². The quantitative estimate of drug-likeness (QED) is 0.626. The number of benzene rings is 1. The number of aromatic nitrogens is 5. The van der Waals surface area contributed by atoms with E-state index in [0.29, 0.717) is 18.0 Å². The van der Waals surface area contributed by atoms with Crippen LogP contribution in [0.15, 0.2) is 61.2 Å². The van der Waals surface area contributed by atoms with Crippen LogP contribution in [0.25, 0.3) is 16.7 Å². The lowest BCUT2D eigenvalue weighted by molar-refractivity contribution is 0.627. The van der Waals surface area contributed by atoms with Gasteiger partial charge in [-0.15, -0.1) is 0 Å². The van der Waals surface area contributed by atoms with Gasteiger partial charge in [0, 0.05) is 6.20 Å². The largest absolute Gasteiger partial charge is 0.364 e. The Balaban J connectivity index is 1.67. The lowest BCUT2D eigenvalue weighted by Crippen LogP contribution is -2.04. The second kappa shape index (κ2) is 6.04. The van der Waals surface area contributed by atoms with Gasteiger partial charge in [0.05, 0.1) is 29.5 Å². The van der Waals surface area contributed by atoms with Crippen LogP contribution in [0.1, 0.15) is 5.69 Å². The summed E-state index contributed by atoms with van der Waals surface area (Å²) in [5.74, 6) is 0.390. The van der Waals surface area contributed by atoms with E-state index in [9.17, 15) is 4.39 Å². The summed E-state index contributed by atoms with van der Waals surface area (Å²) >= 11 is 0. The Morgan fingerprint density at radius 3 is 2.67 bits per heavy atom. The highest BCUT2D eigenvalue weighted by Crippen LogP contribution is 2.22. The number of anilines is 1. The zero-order valence-electron chi connectivity index (χ0n) is 12.6. The van der Waals surface area contributed by atoms with E-state index in [2.05, 4.69) is 25.4 Å². The molecule has 0 saturated heterocycles. The molecule has 0 aliphatic heterocycles. The van der Waals surface area contributed by atoms with Crippen LogP contribution in [0.3, 0.4) is 0 Å². The fraction of sp³-hybridized carbons (Fsp3) is 0.0588. The van der Waals surface area contributed by atoms with Crippen molar-refractivity contribution >= 4 is 16.9 Å². The molecule has 0 spiro atoms. The standard InChI is InChI=1S/C17H13FN6/c18-12-4-6-14(7-5-12)24-17-15(10-23-24)16(21-11-22-17)20-9-13-3-1-2-8-19-13/h1-8,10-11H,9H2,(H,20,21,22). The van der Waals surface area contributed by atoms with Crippen LogP contribution in [0.4, 0.5) is 10.2 Å². The summed E-state index contributed by atoms with van der Waals surface area (Å²) in [6.07, 6.45) is 4.92. The van der Waals surface area contributed by atoms with Crippen molar-refractivity contribution in [3.63, 3.8) is 0 Å². The van der Waals surface area contributed by atoms with E-state index in [-0.39, 0.29) is 5.82 Å². The Morgan fingerprint density at radius 2 is 1.88 bits per heavy atom. The summed E-state index contributed by atoms with van der Waals surface area (Å²) in [5, 5.41) is 8.39. The Morgan fingerprint density at radius 1 is 1.00 bits per heavy atom. The topological polar surface area (TPSA) is 68.5 Å². The van der Waals surface area contributed by atoms with Gasteiger partial charge in [-0.1, -0.05) is 6.07 Å². The summed E-state index contributed by atoms with van der Waals surface area (Å²) in [4.78, 5) is 12.8. The van der Waals surface area contributed by atoms with E-state index >= 15 is 0 Å². The van der Waals surface area contributed by atoms with Crippen molar-refractivity contribution in [3.05, 3.63) is 72.7 Å². The molecule has 6 nitrogen and oxygen atoms in total. The number of nitrogens with one attached hydrogen (secondary N) is 1. The van der Waals surface area contributed by atoms with Crippen molar-refractivity contribution in [1.82, 2.24) is 24.7 Å². The molecule has 3 aromatic heterocycles. The van der Waals surface area contributed by atoms with Gasteiger partial charge in [-0.2, -0.15) is 5.10 Å². The molecule has 4 aromatic rings. The minimum absolute atomic E-state index is 0.289. The SMILES string of the molecule is Fc1ccc(-n2ncc3c(NCc4ccccn4)ncnc32)cc1. The Kier molecular flexibility index (Phi) is 3.59. The molecule has 1 aromatic carbocycles. The van der Waals surface area contributed by atoms with Crippen LogP contribution < -0.4 is 5.32 Å². The fourth-order valence-corrected chi connectivity index (χ4v) is 2.43. The normalized spacial score (nSPS) is 10.9. The third-order valence-corrected chi connectivity index (χ3v) is 3.60. The zero-order chi connectivity index (χ0) is 16.4. The van der Waals surface area contributed by atoms with Crippen LogP contribution in [-0.4, -0.2) is 24.7 Å². The zero-order valence-corrected chi connectivity index (χ0v) is 12.6. The number of rotatable bonds is 4. The molecule has 0 fully saturated rings. The second-order valence-electron chi connectivity index (χ2n) is 5.17. The lowest BCUT2D eigenvalue weighted by Gasteiger charge is -2.06. The predicted octanol–water partition coefficient (Wildman–Crippen LogP) is 2.96. The molecule has 118 valence electrons. The Hall–Kier alpha value is -3.35. The number of hydrogen-bond acceptors (Lipinski definition) is 5. The van der Waals surface area contributed by atoms with Gasteiger partial charge < -0.3 is 5.32 Å². The molecule has 7 heteroatoms. The highest BCUT2D eigenvalue weighted by Gasteiger charge is 2.11. The summed E-state index contributed by atoms with van der Waals surface area (Å²) in [6.45, 7) is 0.550. The molecule has 0 unspecified atom stereocenters. The van der Waals surface area contributed by atoms with Gasteiger partial charge in [0.2, 0.25) is 0 Å². The highest BCUT2D eigenvalue weighted by molar-refractivity contribution is 5.87. The molecule has 4 rings (SSSR count). The summed E-state index contributed by atoms with van der Waals surface area (Å²) in [6, 6.07) is 11.9. The van der Waals surface area contributed by atoms with E-state index in [0.717, 1.165) is 16.8 Å². The lowest BCUT2D eigenvalue weighted by atomic mass is 10.3. The van der Waals surface area contributed by atoms with Crippen molar-refractivity contribution in [1.29, 1.82) is 0 Å². The van der Waals surface area contributed by atoms with E-state index in [4.69, 9.17) is 0 Å². The molecule has 0 radical (unpaired) electrons. The maximum atomic E-state index is 13.1. The number of hydrogen-bond donors (Lipinski definition) is 1. The maximum absolute atomic E-state index is 13.1. The van der Waals surface area contributed by atoms with E-state index in [1.165, 1.54) is 18.5 Å². The van der Waals surface area contributed by atoms with Crippen LogP contribution in [-0.2, 0) is 6.54 Å². The van der Waals surface area contributed by atoms with Crippen LogP contribution >= 0.6 is 0 Å². The molecule has 24 heavy (non-hydrogen) atoms. The van der Waals surface area contributed by atoms with Crippen molar-refractivity contribution in [2.24, 2.45) is 0 Å². The Bertz CT molecular complexity index is 965. The van der Waals surface area contributed by atoms with Crippen molar-refractivity contribution in [2.45, 2.75) is 6.54 Å². The van der Waals surface area contributed by atoms with Gasteiger partial charge in [-0.25, -0.2) is 19.0 Å². The first kappa shape index (κ1) is 14.3. The molecule has 0 bridgehead atoms. The molecule has 0 aliphatic carbocycles. The number of nitrogens with zero attached hydrogens (tertiary/aromatic N) is 5. The van der Waals surface area contributed by atoms with Crippen molar-refractivity contribution in [3.8, 4) is 5.69 Å². The summed E-state index contributed by atoms with van der Waals surface area (Å²) in [5.41, 5.74) is 2.30. The summed E-state index contributed by atoms with van der Waals surface area (Å²) < 4.78 is 14.8. The average molecular weight is 320 g/mol. The third kappa shape index (κ3) is 2.67. The highest BCUT2D eigenvalue weighted by atomic mass is 19.1. The summed E-state index contributed by atoms with van der Waals surface area (Å²) in [7, 11) is 0. The molecule has 0 amide bonds. The molecular weight excluding hydrogens is 307 g/mol. The first-order chi connectivity index (χ1) is 11.8. The minimum atomic E-state index is -0.289. The molecule has 0 atom stereocenters. The molecule has 0 saturated carbocycles. The van der Waals surface area contributed by atoms with Crippen LogP contribution in [0, 0.1) is 5.82 Å². The molecule has 0 aliphatic rings. The van der Waals surface area contributed by atoms with E-state index in [1.807, 2.05) is 18.2 Å². The van der Waals surface area contributed by atoms with Crippen LogP contribution in [0.5, 0.6) is 0 Å². The maximum Gasteiger partial charge on any atom is 0.168 e. The van der Waals surface area contributed by atoms with Crippen LogP contribution in [0.2, 0.25) is 0 Å². The van der Waals surface area contributed by atoms with Gasteiger partial charge in [0.25, 0.3) is 0 Å². The van der Waals surface area contributed by atoms with Gasteiger partial charge in [0.1, 0.15) is 18.0 Å². The number of fused-ring (bicyclic) bond motifs is 1. The van der Waals surface area contributed by atoms with Crippen molar-refractivity contribution < 1.29 is 4.39 Å². The Labute approximate surface area is 137 Å². The number of halogens is 1. The first-order valence-corrected chi connectivity index (χ1v) is 7.40. The molecule has 1 N–H and O–H groups in total. The van der Waals surface area contributed by atoms with Gasteiger partial charge in [0.15, 0.2) is 5.65 Å². The second-order valence-corrected chi connectivity index (χ2v) is 5.17. The minimum Gasteiger partial charge on any atom is -0.364 e. The smallest absolute Gasteiger partial charge is 0.168 e. The first-order valence-electron chi connectivity index (χ1n) is 7.40. The third-order valence-electron chi connectivity index (χ3n) is 3.60. The average Bonchev–Trinajstić information content (AvgIpc) is 3.06. The van der Waals surface area contributed by atoms with Gasteiger partial charge >= 0.3 is 0 Å². The van der Waals surface area contributed by atoms with Crippen molar-refractivity contribution in [2.75, 3.05) is 5.32 Å². The molecular formula is C17H13FN6.